The number of rotatable bonds is 1. The van der Waals surface area contributed by atoms with Gasteiger partial charge in [-0.25, -0.2) is 4.68 Å². The van der Waals surface area contributed by atoms with Gasteiger partial charge in [-0.2, -0.15) is 10.2 Å². The van der Waals surface area contributed by atoms with E-state index in [0.717, 1.165) is 17.7 Å². The summed E-state index contributed by atoms with van der Waals surface area (Å²) in [5, 5.41) is 12.8. The molecule has 2 aromatic rings. The molecule has 82 valence electrons. The first-order valence-corrected chi connectivity index (χ1v) is 5.36. The van der Waals surface area contributed by atoms with Crippen LogP contribution in [0.1, 0.15) is 11.3 Å². The summed E-state index contributed by atoms with van der Waals surface area (Å²) in [7, 11) is 0. The fourth-order valence-corrected chi connectivity index (χ4v) is 2.00. The van der Waals surface area contributed by atoms with Gasteiger partial charge in [-0.1, -0.05) is 11.6 Å². The van der Waals surface area contributed by atoms with Crippen molar-refractivity contribution in [3.8, 4) is 5.82 Å². The molecule has 0 radical (unpaired) electrons. The standard InChI is InChI=1S/C10H9ClN4O/c11-10-7-6-16-5-3-8(7)14-15(10)9-2-1-4-12-13-9/h1-2,4H,3,5-6H2. The minimum absolute atomic E-state index is 0.522. The Labute approximate surface area is 97.0 Å². The summed E-state index contributed by atoms with van der Waals surface area (Å²) in [6.45, 7) is 1.22. The van der Waals surface area contributed by atoms with Crippen molar-refractivity contribution < 1.29 is 4.74 Å². The molecular weight excluding hydrogens is 228 g/mol. The number of fused-ring (bicyclic) bond motifs is 1. The summed E-state index contributed by atoms with van der Waals surface area (Å²) < 4.78 is 6.96. The van der Waals surface area contributed by atoms with E-state index in [2.05, 4.69) is 15.3 Å². The summed E-state index contributed by atoms with van der Waals surface area (Å²) in [6.07, 6.45) is 2.41. The van der Waals surface area contributed by atoms with Crippen LogP contribution in [0.25, 0.3) is 5.82 Å². The minimum atomic E-state index is 0.522. The SMILES string of the molecule is Clc1c2c(nn1-c1cccnn1)CCOC2. The zero-order valence-corrected chi connectivity index (χ0v) is 9.18. The highest BCUT2D eigenvalue weighted by molar-refractivity contribution is 6.30. The highest BCUT2D eigenvalue weighted by Crippen LogP contribution is 2.26. The van der Waals surface area contributed by atoms with Crippen LogP contribution in [0.15, 0.2) is 18.3 Å². The second kappa shape index (κ2) is 3.84. The van der Waals surface area contributed by atoms with Gasteiger partial charge in [-0.15, -0.1) is 5.10 Å². The molecule has 0 fully saturated rings. The maximum absolute atomic E-state index is 6.23. The molecular formula is C10H9ClN4O. The molecule has 0 unspecified atom stereocenters. The number of hydrogen-bond acceptors (Lipinski definition) is 4. The molecule has 3 heterocycles. The quantitative estimate of drug-likeness (QED) is 0.751. The van der Waals surface area contributed by atoms with Gasteiger partial charge in [0.2, 0.25) is 0 Å². The Bertz CT molecular complexity index is 511. The molecule has 0 spiro atoms. The lowest BCUT2D eigenvalue weighted by molar-refractivity contribution is 0.110. The Hall–Kier alpha value is -1.46. The first-order chi connectivity index (χ1) is 7.86. The maximum Gasteiger partial charge on any atom is 0.177 e. The predicted octanol–water partition coefficient (Wildman–Crippen LogP) is 1.39. The molecule has 1 aliphatic rings. The first kappa shape index (κ1) is 9.74. The van der Waals surface area contributed by atoms with Crippen LogP contribution in [0.5, 0.6) is 0 Å². The van der Waals surface area contributed by atoms with Crippen molar-refractivity contribution in [3.63, 3.8) is 0 Å². The van der Waals surface area contributed by atoms with Crippen LogP contribution < -0.4 is 0 Å². The monoisotopic (exact) mass is 236 g/mol. The van der Waals surface area contributed by atoms with Crippen LogP contribution in [0, 0.1) is 0 Å². The molecule has 0 bridgehead atoms. The third-order valence-electron chi connectivity index (χ3n) is 2.51. The number of aromatic nitrogens is 4. The summed E-state index contributed by atoms with van der Waals surface area (Å²) in [4.78, 5) is 0. The molecule has 0 saturated carbocycles. The topological polar surface area (TPSA) is 52.8 Å². The van der Waals surface area contributed by atoms with E-state index in [-0.39, 0.29) is 0 Å². The molecule has 0 aromatic carbocycles. The van der Waals surface area contributed by atoms with Gasteiger partial charge in [0.25, 0.3) is 0 Å². The summed E-state index contributed by atoms with van der Waals surface area (Å²) in [6, 6.07) is 3.62. The van der Waals surface area contributed by atoms with E-state index < -0.39 is 0 Å². The van der Waals surface area contributed by atoms with Crippen LogP contribution in [0.4, 0.5) is 0 Å². The third-order valence-corrected chi connectivity index (χ3v) is 2.90. The number of ether oxygens (including phenoxy) is 1. The highest BCUT2D eigenvalue weighted by Gasteiger charge is 2.20. The van der Waals surface area contributed by atoms with E-state index in [4.69, 9.17) is 16.3 Å². The van der Waals surface area contributed by atoms with E-state index >= 15 is 0 Å². The number of halogens is 1. The fourth-order valence-electron chi connectivity index (χ4n) is 1.72. The van der Waals surface area contributed by atoms with Crippen LogP contribution in [0.3, 0.4) is 0 Å². The zero-order chi connectivity index (χ0) is 11.0. The Kier molecular flexibility index (Phi) is 2.34. The molecule has 0 amide bonds. The van der Waals surface area contributed by atoms with Crippen molar-refractivity contribution in [3.05, 3.63) is 34.7 Å². The minimum Gasteiger partial charge on any atom is -0.376 e. The molecule has 5 nitrogen and oxygen atoms in total. The van der Waals surface area contributed by atoms with E-state index in [1.165, 1.54) is 0 Å². The smallest absolute Gasteiger partial charge is 0.177 e. The lowest BCUT2D eigenvalue weighted by Crippen LogP contribution is -2.08. The van der Waals surface area contributed by atoms with Gasteiger partial charge < -0.3 is 4.74 Å². The maximum atomic E-state index is 6.23. The third kappa shape index (κ3) is 1.48. The van der Waals surface area contributed by atoms with Gasteiger partial charge in [0.1, 0.15) is 5.15 Å². The molecule has 0 aliphatic carbocycles. The van der Waals surface area contributed by atoms with Crippen molar-refractivity contribution in [2.24, 2.45) is 0 Å². The molecule has 1 aliphatic heterocycles. The highest BCUT2D eigenvalue weighted by atomic mass is 35.5. The Morgan fingerprint density at radius 1 is 1.44 bits per heavy atom. The van der Waals surface area contributed by atoms with E-state index in [0.29, 0.717) is 24.2 Å². The average Bonchev–Trinajstić information content (AvgIpc) is 2.69. The van der Waals surface area contributed by atoms with Crippen LogP contribution in [0.2, 0.25) is 5.15 Å². The fraction of sp³-hybridized carbons (Fsp3) is 0.300. The molecule has 0 N–H and O–H groups in total. The van der Waals surface area contributed by atoms with Crippen molar-refractivity contribution in [1.29, 1.82) is 0 Å². The average molecular weight is 237 g/mol. The van der Waals surface area contributed by atoms with Crippen molar-refractivity contribution in [2.45, 2.75) is 13.0 Å². The number of nitrogens with zero attached hydrogens (tertiary/aromatic N) is 4. The van der Waals surface area contributed by atoms with Gasteiger partial charge in [0, 0.05) is 18.2 Å². The number of hydrogen-bond donors (Lipinski definition) is 0. The largest absolute Gasteiger partial charge is 0.376 e. The molecule has 16 heavy (non-hydrogen) atoms. The predicted molar refractivity (Wildman–Crippen MR) is 57.5 cm³/mol. The molecule has 0 saturated heterocycles. The van der Waals surface area contributed by atoms with Gasteiger partial charge in [-0.3, -0.25) is 0 Å². The molecule has 0 atom stereocenters. The van der Waals surface area contributed by atoms with E-state index in [1.54, 1.807) is 16.9 Å². The second-order valence-electron chi connectivity index (χ2n) is 3.51. The lowest BCUT2D eigenvalue weighted by atomic mass is 10.2. The molecule has 3 rings (SSSR count). The molecule has 6 heteroatoms. The van der Waals surface area contributed by atoms with Gasteiger partial charge >= 0.3 is 0 Å². The van der Waals surface area contributed by atoms with Crippen LogP contribution >= 0.6 is 11.6 Å². The normalized spacial score (nSPS) is 14.8. The van der Waals surface area contributed by atoms with Gasteiger partial charge in [0.15, 0.2) is 5.82 Å². The van der Waals surface area contributed by atoms with E-state index in [1.807, 2.05) is 6.07 Å². The second-order valence-corrected chi connectivity index (χ2v) is 3.87. The van der Waals surface area contributed by atoms with Gasteiger partial charge in [0.05, 0.1) is 18.9 Å². The summed E-state index contributed by atoms with van der Waals surface area (Å²) >= 11 is 6.23. The summed E-state index contributed by atoms with van der Waals surface area (Å²) in [5.41, 5.74) is 1.94. The van der Waals surface area contributed by atoms with Crippen molar-refractivity contribution in [1.82, 2.24) is 20.0 Å². The zero-order valence-electron chi connectivity index (χ0n) is 8.43. The molecule has 2 aromatic heterocycles. The Morgan fingerprint density at radius 2 is 2.38 bits per heavy atom. The van der Waals surface area contributed by atoms with Crippen LogP contribution in [-0.4, -0.2) is 26.6 Å². The Morgan fingerprint density at radius 3 is 3.12 bits per heavy atom. The van der Waals surface area contributed by atoms with Crippen LogP contribution in [-0.2, 0) is 17.8 Å². The Balaban J connectivity index is 2.12. The van der Waals surface area contributed by atoms with Crippen molar-refractivity contribution >= 4 is 11.6 Å². The van der Waals surface area contributed by atoms with Gasteiger partial charge in [-0.05, 0) is 12.1 Å². The van der Waals surface area contributed by atoms with E-state index in [9.17, 15) is 0 Å². The van der Waals surface area contributed by atoms with Crippen molar-refractivity contribution in [2.75, 3.05) is 6.61 Å². The first-order valence-electron chi connectivity index (χ1n) is 4.98. The summed E-state index contributed by atoms with van der Waals surface area (Å²) in [5.74, 6) is 0.627. The lowest BCUT2D eigenvalue weighted by Gasteiger charge is -2.09.